The van der Waals surface area contributed by atoms with E-state index < -0.39 is 5.25 Å². The topological polar surface area (TPSA) is 93.1 Å². The fourth-order valence-electron chi connectivity index (χ4n) is 2.86. The quantitative estimate of drug-likeness (QED) is 0.459. The first-order valence-corrected chi connectivity index (χ1v) is 9.69. The number of aromatic amines is 1. The van der Waals surface area contributed by atoms with E-state index in [-0.39, 0.29) is 11.7 Å². The molecule has 3 rings (SSSR count). The summed E-state index contributed by atoms with van der Waals surface area (Å²) in [5, 5.41) is 9.31. The molecule has 0 aliphatic carbocycles. The van der Waals surface area contributed by atoms with Crippen LogP contribution in [0, 0.1) is 0 Å². The molecule has 28 heavy (non-hydrogen) atoms. The van der Waals surface area contributed by atoms with Crippen LogP contribution in [-0.4, -0.2) is 69.4 Å². The third-order valence-corrected chi connectivity index (χ3v) is 5.61. The maximum atomic E-state index is 12.4. The minimum Gasteiger partial charge on any atom is -0.383 e. The van der Waals surface area contributed by atoms with Crippen molar-refractivity contribution in [1.82, 2.24) is 24.6 Å². The van der Waals surface area contributed by atoms with E-state index in [1.807, 2.05) is 35.0 Å². The Kier molecular flexibility index (Phi) is 6.15. The number of carbonyl (C=O) groups excluding carboxylic acids is 2. The number of hydrogen-bond acceptors (Lipinski definition) is 6. The van der Waals surface area contributed by atoms with Crippen LogP contribution < -0.4 is 0 Å². The number of amides is 1. The van der Waals surface area contributed by atoms with Gasteiger partial charge in [-0.3, -0.25) is 14.2 Å². The molecule has 0 spiro atoms. The smallest absolute Gasteiger partial charge is 0.243 e. The zero-order chi connectivity index (χ0) is 20.3. The fourth-order valence-corrected chi connectivity index (χ4v) is 3.94. The zero-order valence-corrected chi connectivity index (χ0v) is 17.1. The van der Waals surface area contributed by atoms with Gasteiger partial charge in [0.15, 0.2) is 16.8 Å². The molecular weight excluding hydrogens is 378 g/mol. The molecule has 1 atom stereocenters. The molecule has 0 saturated carbocycles. The predicted molar refractivity (Wildman–Crippen MR) is 108 cm³/mol. The van der Waals surface area contributed by atoms with Gasteiger partial charge in [-0.2, -0.15) is 0 Å². The number of methoxy groups -OCH3 is 1. The molecule has 0 aliphatic rings. The Hall–Kier alpha value is -2.65. The molecule has 3 aromatic rings. The van der Waals surface area contributed by atoms with E-state index >= 15 is 0 Å². The molecule has 0 fully saturated rings. The van der Waals surface area contributed by atoms with Crippen LogP contribution in [-0.2, 0) is 20.9 Å². The molecule has 0 aliphatic heterocycles. The maximum Gasteiger partial charge on any atom is 0.243 e. The number of hydrogen-bond donors (Lipinski definition) is 1. The summed E-state index contributed by atoms with van der Waals surface area (Å²) < 4.78 is 7.12. The highest BCUT2D eigenvalue weighted by molar-refractivity contribution is 8.01. The van der Waals surface area contributed by atoms with Gasteiger partial charge in [0, 0.05) is 43.9 Å². The second-order valence-electron chi connectivity index (χ2n) is 6.54. The van der Waals surface area contributed by atoms with E-state index in [0.29, 0.717) is 24.1 Å². The Morgan fingerprint density at radius 1 is 1.29 bits per heavy atom. The Bertz CT molecular complexity index is 995. The van der Waals surface area contributed by atoms with E-state index in [1.165, 1.54) is 11.8 Å². The summed E-state index contributed by atoms with van der Waals surface area (Å²) in [7, 11) is 4.88. The van der Waals surface area contributed by atoms with Crippen LogP contribution in [0.1, 0.15) is 6.92 Å². The second-order valence-corrected chi connectivity index (χ2v) is 7.61. The first-order chi connectivity index (χ1) is 13.4. The van der Waals surface area contributed by atoms with Crippen molar-refractivity contribution in [2.75, 3.05) is 27.8 Å². The van der Waals surface area contributed by atoms with Crippen LogP contribution in [0.25, 0.3) is 22.3 Å². The van der Waals surface area contributed by atoms with Crippen LogP contribution in [0.2, 0.25) is 0 Å². The van der Waals surface area contributed by atoms with Crippen LogP contribution in [0.5, 0.6) is 0 Å². The van der Waals surface area contributed by atoms with Gasteiger partial charge in [-0.25, -0.2) is 0 Å². The number of carbonyl (C=O) groups is 2. The molecule has 1 aromatic carbocycles. The minimum atomic E-state index is -0.865. The molecule has 2 heterocycles. The molecule has 1 N–H and O–H groups in total. The van der Waals surface area contributed by atoms with Gasteiger partial charge in [-0.1, -0.05) is 30.0 Å². The van der Waals surface area contributed by atoms with Crippen molar-refractivity contribution in [3.63, 3.8) is 0 Å². The molecule has 1 amide bonds. The molecule has 1 unspecified atom stereocenters. The molecule has 0 radical (unpaired) electrons. The zero-order valence-electron chi connectivity index (χ0n) is 16.3. The van der Waals surface area contributed by atoms with Gasteiger partial charge in [0.2, 0.25) is 5.91 Å². The molecule has 2 aromatic heterocycles. The van der Waals surface area contributed by atoms with Gasteiger partial charge < -0.3 is 14.6 Å². The van der Waals surface area contributed by atoms with Gasteiger partial charge in [-0.15, -0.1) is 10.2 Å². The highest BCUT2D eigenvalue weighted by atomic mass is 32.2. The molecular formula is C19H23N5O3S. The van der Waals surface area contributed by atoms with E-state index in [4.69, 9.17) is 4.74 Å². The summed E-state index contributed by atoms with van der Waals surface area (Å²) >= 11 is 1.12. The summed E-state index contributed by atoms with van der Waals surface area (Å²) in [6.45, 7) is 2.37. The SMILES string of the molecule is COCCn1c(SC(C(C)=O)C(=O)N(C)C)nnc1-c1c[nH]c2ccccc12. The van der Waals surface area contributed by atoms with Crippen molar-refractivity contribution in [3.05, 3.63) is 30.5 Å². The monoisotopic (exact) mass is 401 g/mol. The Morgan fingerprint density at radius 2 is 2.04 bits per heavy atom. The lowest BCUT2D eigenvalue weighted by Crippen LogP contribution is -2.36. The number of thioether (sulfide) groups is 1. The number of nitrogens with one attached hydrogen (secondary N) is 1. The normalized spacial score (nSPS) is 12.3. The number of fused-ring (bicyclic) bond motifs is 1. The number of rotatable bonds is 8. The Morgan fingerprint density at radius 3 is 2.71 bits per heavy atom. The second kappa shape index (κ2) is 8.57. The summed E-state index contributed by atoms with van der Waals surface area (Å²) in [5.41, 5.74) is 1.90. The van der Waals surface area contributed by atoms with Crippen LogP contribution in [0.3, 0.4) is 0 Å². The summed E-state index contributed by atoms with van der Waals surface area (Å²) in [5.74, 6) is 0.169. The lowest BCUT2D eigenvalue weighted by Gasteiger charge is -2.18. The number of Topliss-reactive ketones (excluding diaryl/α,β-unsaturated/α-hetero) is 1. The van der Waals surface area contributed by atoms with E-state index in [1.54, 1.807) is 21.2 Å². The van der Waals surface area contributed by atoms with Crippen molar-refractivity contribution in [1.29, 1.82) is 0 Å². The van der Waals surface area contributed by atoms with Gasteiger partial charge >= 0.3 is 0 Å². The third-order valence-electron chi connectivity index (χ3n) is 4.32. The highest BCUT2D eigenvalue weighted by Gasteiger charge is 2.29. The largest absolute Gasteiger partial charge is 0.383 e. The van der Waals surface area contributed by atoms with Crippen LogP contribution >= 0.6 is 11.8 Å². The van der Waals surface area contributed by atoms with Crippen molar-refractivity contribution < 1.29 is 14.3 Å². The average Bonchev–Trinajstić information content (AvgIpc) is 3.27. The maximum absolute atomic E-state index is 12.4. The van der Waals surface area contributed by atoms with Crippen LogP contribution in [0.15, 0.2) is 35.6 Å². The van der Waals surface area contributed by atoms with E-state index in [0.717, 1.165) is 28.2 Å². The highest BCUT2D eigenvalue weighted by Crippen LogP contribution is 2.31. The molecule has 0 bridgehead atoms. The van der Waals surface area contributed by atoms with Gasteiger partial charge in [-0.05, 0) is 13.0 Å². The summed E-state index contributed by atoms with van der Waals surface area (Å²) in [6.07, 6.45) is 1.89. The first kappa shape index (κ1) is 20.1. The Balaban J connectivity index is 2.03. The standard InChI is InChI=1S/C19H23N5O3S/c1-12(25)16(18(26)23(2)3)28-19-22-21-17(24(19)9-10-27-4)14-11-20-15-8-6-5-7-13(14)15/h5-8,11,16,20H,9-10H2,1-4H3. The van der Waals surface area contributed by atoms with E-state index in [9.17, 15) is 9.59 Å². The average molecular weight is 401 g/mol. The van der Waals surface area contributed by atoms with Crippen molar-refractivity contribution in [2.24, 2.45) is 0 Å². The van der Waals surface area contributed by atoms with Gasteiger partial charge in [0.05, 0.1) is 13.2 Å². The molecule has 8 nitrogen and oxygen atoms in total. The fraction of sp³-hybridized carbons (Fsp3) is 0.368. The van der Waals surface area contributed by atoms with Crippen molar-refractivity contribution in [3.8, 4) is 11.4 Å². The number of H-pyrrole nitrogens is 1. The number of benzene rings is 1. The van der Waals surface area contributed by atoms with Gasteiger partial charge in [0.1, 0.15) is 5.25 Å². The van der Waals surface area contributed by atoms with Crippen LogP contribution in [0.4, 0.5) is 0 Å². The van der Waals surface area contributed by atoms with Gasteiger partial charge in [0.25, 0.3) is 0 Å². The number of ether oxygens (including phenoxy) is 1. The number of aromatic nitrogens is 4. The molecule has 148 valence electrons. The lowest BCUT2D eigenvalue weighted by atomic mass is 10.1. The molecule has 0 saturated heterocycles. The van der Waals surface area contributed by atoms with Crippen molar-refractivity contribution >= 4 is 34.4 Å². The lowest BCUT2D eigenvalue weighted by molar-refractivity contribution is -0.132. The third kappa shape index (κ3) is 3.95. The van der Waals surface area contributed by atoms with E-state index in [2.05, 4.69) is 15.2 Å². The Labute approximate surface area is 167 Å². The molecule has 9 heteroatoms. The summed E-state index contributed by atoms with van der Waals surface area (Å²) in [6, 6.07) is 7.93. The number of para-hydroxylation sites is 1. The summed E-state index contributed by atoms with van der Waals surface area (Å²) in [4.78, 5) is 29.1. The minimum absolute atomic E-state index is 0.223. The first-order valence-electron chi connectivity index (χ1n) is 8.81. The number of nitrogens with zero attached hydrogens (tertiary/aromatic N) is 4. The predicted octanol–water partition coefficient (Wildman–Crippen LogP) is 2.21. The van der Waals surface area contributed by atoms with Crippen molar-refractivity contribution in [2.45, 2.75) is 23.9 Å². The number of ketones is 1.